The van der Waals surface area contributed by atoms with E-state index in [2.05, 4.69) is 17.2 Å². The van der Waals surface area contributed by atoms with E-state index >= 15 is 0 Å². The summed E-state index contributed by atoms with van der Waals surface area (Å²) in [6, 6.07) is 0. The molecule has 0 atom stereocenters. The lowest BCUT2D eigenvalue weighted by molar-refractivity contribution is 0.643. The molecule has 2 rings (SSSR count). The minimum atomic E-state index is 0. The lowest BCUT2D eigenvalue weighted by Gasteiger charge is -2.09. The Morgan fingerprint density at radius 3 is 2.85 bits per heavy atom. The van der Waals surface area contributed by atoms with Gasteiger partial charge in [-0.25, -0.2) is 4.98 Å². The zero-order valence-corrected chi connectivity index (χ0v) is 9.95. The number of nitrogens with one attached hydrogen (secondary N) is 1. The molecule has 2 nitrogen and oxygen atoms in total. The molecule has 1 aliphatic rings. The maximum atomic E-state index is 4.55. The molecular formula is C8H14Cl2N2S. The van der Waals surface area contributed by atoms with Gasteiger partial charge < -0.3 is 5.32 Å². The average molecular weight is 241 g/mol. The standard InChI is InChI=1S/C8H12N2S.2ClH/c1-2-8-10-6-3-4-9-5-7(6)11-8;;/h9H,2-5H2,1H3;2*1H. The number of hydrogen-bond donors (Lipinski definition) is 1. The molecule has 0 saturated heterocycles. The number of aryl methyl sites for hydroxylation is 1. The summed E-state index contributed by atoms with van der Waals surface area (Å²) < 4.78 is 0. The van der Waals surface area contributed by atoms with Crippen LogP contribution in [0.4, 0.5) is 0 Å². The molecule has 0 spiro atoms. The first kappa shape index (κ1) is 13.2. The highest BCUT2D eigenvalue weighted by molar-refractivity contribution is 7.11. The van der Waals surface area contributed by atoms with E-state index in [-0.39, 0.29) is 24.8 Å². The fraction of sp³-hybridized carbons (Fsp3) is 0.625. The van der Waals surface area contributed by atoms with Gasteiger partial charge in [-0.1, -0.05) is 6.92 Å². The third-order valence-electron chi connectivity index (χ3n) is 1.95. The van der Waals surface area contributed by atoms with Gasteiger partial charge in [0.25, 0.3) is 0 Å². The molecule has 0 radical (unpaired) electrons. The van der Waals surface area contributed by atoms with E-state index in [1.54, 1.807) is 0 Å². The second-order valence-corrected chi connectivity index (χ2v) is 3.93. The average Bonchev–Trinajstić information content (AvgIpc) is 2.46. The molecule has 0 fully saturated rings. The molecule has 13 heavy (non-hydrogen) atoms. The van der Waals surface area contributed by atoms with Gasteiger partial charge in [0.05, 0.1) is 10.7 Å². The molecule has 5 heteroatoms. The van der Waals surface area contributed by atoms with Crippen LogP contribution in [0.25, 0.3) is 0 Å². The van der Waals surface area contributed by atoms with E-state index in [1.807, 2.05) is 11.3 Å². The van der Waals surface area contributed by atoms with Gasteiger partial charge in [0.2, 0.25) is 0 Å². The molecule has 1 aliphatic heterocycles. The smallest absolute Gasteiger partial charge is 0.0928 e. The second-order valence-electron chi connectivity index (χ2n) is 2.76. The quantitative estimate of drug-likeness (QED) is 0.815. The summed E-state index contributed by atoms with van der Waals surface area (Å²) in [6.07, 6.45) is 2.20. The Kier molecular flexibility index (Phi) is 5.88. The fourth-order valence-corrected chi connectivity index (χ4v) is 2.35. The summed E-state index contributed by atoms with van der Waals surface area (Å²) >= 11 is 1.86. The van der Waals surface area contributed by atoms with Crippen LogP contribution in [-0.4, -0.2) is 11.5 Å². The highest BCUT2D eigenvalue weighted by atomic mass is 35.5. The predicted molar refractivity (Wildman–Crippen MR) is 61.4 cm³/mol. The fourth-order valence-electron chi connectivity index (χ4n) is 1.33. The van der Waals surface area contributed by atoms with Crippen LogP contribution in [0.15, 0.2) is 0 Å². The number of rotatable bonds is 1. The molecular weight excluding hydrogens is 227 g/mol. The normalized spacial score (nSPS) is 13.9. The first-order chi connectivity index (χ1) is 5.40. The Morgan fingerprint density at radius 2 is 2.23 bits per heavy atom. The van der Waals surface area contributed by atoms with E-state index in [1.165, 1.54) is 15.6 Å². The summed E-state index contributed by atoms with van der Waals surface area (Å²) in [5, 5.41) is 4.64. The minimum Gasteiger partial charge on any atom is -0.311 e. The van der Waals surface area contributed by atoms with Crippen molar-refractivity contribution in [1.82, 2.24) is 10.3 Å². The third-order valence-corrected chi connectivity index (χ3v) is 3.19. The molecule has 1 aromatic rings. The first-order valence-corrected chi connectivity index (χ1v) is 4.90. The van der Waals surface area contributed by atoms with Gasteiger partial charge >= 0.3 is 0 Å². The molecule has 76 valence electrons. The van der Waals surface area contributed by atoms with Crippen LogP contribution in [0.5, 0.6) is 0 Å². The Labute approximate surface area is 95.0 Å². The van der Waals surface area contributed by atoms with Gasteiger partial charge in [-0.3, -0.25) is 0 Å². The van der Waals surface area contributed by atoms with Crippen molar-refractivity contribution in [3.05, 3.63) is 15.6 Å². The molecule has 0 saturated carbocycles. The summed E-state index contributed by atoms with van der Waals surface area (Å²) in [5.74, 6) is 0. The monoisotopic (exact) mass is 240 g/mol. The second kappa shape index (κ2) is 5.81. The molecule has 0 unspecified atom stereocenters. The van der Waals surface area contributed by atoms with Gasteiger partial charge in [0.15, 0.2) is 0 Å². The maximum Gasteiger partial charge on any atom is 0.0928 e. The van der Waals surface area contributed by atoms with Crippen LogP contribution in [0, 0.1) is 0 Å². The number of fused-ring (bicyclic) bond motifs is 1. The van der Waals surface area contributed by atoms with Crippen LogP contribution in [0.3, 0.4) is 0 Å². The Balaban J connectivity index is 0.000000720. The van der Waals surface area contributed by atoms with E-state index in [4.69, 9.17) is 0 Å². The number of halogens is 2. The van der Waals surface area contributed by atoms with Gasteiger partial charge in [-0.05, 0) is 6.42 Å². The molecule has 2 heterocycles. The van der Waals surface area contributed by atoms with Crippen molar-refractivity contribution in [2.24, 2.45) is 0 Å². The number of aromatic nitrogens is 1. The molecule has 0 amide bonds. The van der Waals surface area contributed by atoms with E-state index in [9.17, 15) is 0 Å². The van der Waals surface area contributed by atoms with Crippen LogP contribution < -0.4 is 5.32 Å². The number of thiazole rings is 1. The molecule has 0 aliphatic carbocycles. The number of hydrogen-bond acceptors (Lipinski definition) is 3. The predicted octanol–water partition coefficient (Wildman–Crippen LogP) is 2.19. The highest BCUT2D eigenvalue weighted by Gasteiger charge is 2.12. The van der Waals surface area contributed by atoms with Gasteiger partial charge in [0, 0.05) is 24.4 Å². The maximum absolute atomic E-state index is 4.55. The van der Waals surface area contributed by atoms with Crippen molar-refractivity contribution >= 4 is 36.2 Å². The Morgan fingerprint density at radius 1 is 1.46 bits per heavy atom. The lowest BCUT2D eigenvalue weighted by atomic mass is 10.2. The van der Waals surface area contributed by atoms with Crippen LogP contribution in [-0.2, 0) is 19.4 Å². The molecule has 1 aromatic heterocycles. The lowest BCUT2D eigenvalue weighted by Crippen LogP contribution is -2.22. The van der Waals surface area contributed by atoms with Crippen molar-refractivity contribution in [3.63, 3.8) is 0 Å². The zero-order valence-electron chi connectivity index (χ0n) is 7.50. The van der Waals surface area contributed by atoms with E-state index < -0.39 is 0 Å². The largest absolute Gasteiger partial charge is 0.311 e. The molecule has 1 N–H and O–H groups in total. The topological polar surface area (TPSA) is 24.9 Å². The molecule has 0 aromatic carbocycles. The van der Waals surface area contributed by atoms with Crippen molar-refractivity contribution in [3.8, 4) is 0 Å². The van der Waals surface area contributed by atoms with Crippen LogP contribution in [0.1, 0.15) is 22.5 Å². The summed E-state index contributed by atoms with van der Waals surface area (Å²) in [6.45, 7) is 4.30. The summed E-state index contributed by atoms with van der Waals surface area (Å²) in [4.78, 5) is 6.00. The SMILES string of the molecule is CCc1nc2c(s1)CNCC2.Cl.Cl. The minimum absolute atomic E-state index is 0. The van der Waals surface area contributed by atoms with Crippen LogP contribution in [0.2, 0.25) is 0 Å². The van der Waals surface area contributed by atoms with E-state index in [0.29, 0.717) is 0 Å². The van der Waals surface area contributed by atoms with E-state index in [0.717, 1.165) is 25.9 Å². The number of nitrogens with zero attached hydrogens (tertiary/aromatic N) is 1. The van der Waals surface area contributed by atoms with Crippen molar-refractivity contribution in [2.45, 2.75) is 26.3 Å². The summed E-state index contributed by atoms with van der Waals surface area (Å²) in [7, 11) is 0. The Bertz CT molecular complexity index is 239. The highest BCUT2D eigenvalue weighted by Crippen LogP contribution is 2.21. The van der Waals surface area contributed by atoms with Crippen molar-refractivity contribution < 1.29 is 0 Å². The van der Waals surface area contributed by atoms with Gasteiger partial charge in [-0.2, -0.15) is 0 Å². The zero-order chi connectivity index (χ0) is 7.68. The first-order valence-electron chi connectivity index (χ1n) is 4.08. The molecule has 0 bridgehead atoms. The van der Waals surface area contributed by atoms with Crippen molar-refractivity contribution in [2.75, 3.05) is 6.54 Å². The van der Waals surface area contributed by atoms with Crippen LogP contribution >= 0.6 is 36.2 Å². The summed E-state index contributed by atoms with van der Waals surface area (Å²) in [5.41, 5.74) is 1.34. The Hall–Kier alpha value is 0.170. The van der Waals surface area contributed by atoms with Gasteiger partial charge in [-0.15, -0.1) is 36.2 Å². The van der Waals surface area contributed by atoms with Gasteiger partial charge in [0.1, 0.15) is 0 Å². The third kappa shape index (κ3) is 2.81. The van der Waals surface area contributed by atoms with Crippen molar-refractivity contribution in [1.29, 1.82) is 0 Å².